The minimum atomic E-state index is -0.330. The predicted molar refractivity (Wildman–Crippen MR) is 93.0 cm³/mol. The molecular formula is C19H15N3O3. The minimum Gasteiger partial charge on any atom is -0.462 e. The molecule has 25 heavy (non-hydrogen) atoms. The molecule has 4 aromatic rings. The van der Waals surface area contributed by atoms with Gasteiger partial charge in [-0.15, -0.1) is 0 Å². The van der Waals surface area contributed by atoms with Gasteiger partial charge in [0.1, 0.15) is 5.75 Å². The van der Waals surface area contributed by atoms with E-state index in [-0.39, 0.29) is 5.97 Å². The van der Waals surface area contributed by atoms with E-state index in [2.05, 4.69) is 9.97 Å². The molecule has 0 radical (unpaired) electrons. The second-order valence-corrected chi connectivity index (χ2v) is 5.38. The zero-order valence-electron chi connectivity index (χ0n) is 13.5. The Morgan fingerprint density at radius 2 is 2.00 bits per heavy atom. The van der Waals surface area contributed by atoms with Gasteiger partial charge in [0.2, 0.25) is 5.88 Å². The number of esters is 1. The van der Waals surface area contributed by atoms with E-state index in [1.165, 1.54) is 0 Å². The Balaban J connectivity index is 1.88. The maximum Gasteiger partial charge on any atom is 0.340 e. The highest BCUT2D eigenvalue weighted by Crippen LogP contribution is 2.30. The second-order valence-electron chi connectivity index (χ2n) is 5.38. The Labute approximate surface area is 143 Å². The van der Waals surface area contributed by atoms with Crippen LogP contribution in [0.15, 0.2) is 61.2 Å². The molecular weight excluding hydrogens is 318 g/mol. The van der Waals surface area contributed by atoms with E-state index in [9.17, 15) is 4.79 Å². The smallest absolute Gasteiger partial charge is 0.340 e. The number of nitrogens with zero attached hydrogens (tertiary/aromatic N) is 3. The molecule has 0 saturated heterocycles. The normalized spacial score (nSPS) is 10.9. The van der Waals surface area contributed by atoms with Crippen LogP contribution < -0.4 is 4.74 Å². The number of aromatic nitrogens is 3. The molecule has 0 atom stereocenters. The number of carbonyl (C=O) groups is 1. The molecule has 6 nitrogen and oxygen atoms in total. The van der Waals surface area contributed by atoms with Crippen LogP contribution in [-0.4, -0.2) is 26.9 Å². The van der Waals surface area contributed by atoms with Gasteiger partial charge in [0.25, 0.3) is 0 Å². The summed E-state index contributed by atoms with van der Waals surface area (Å²) in [6.45, 7) is 2.13. The molecule has 0 saturated carbocycles. The maximum atomic E-state index is 12.4. The minimum absolute atomic E-state index is 0.330. The quantitative estimate of drug-likeness (QED) is 0.531. The first-order valence-electron chi connectivity index (χ1n) is 7.91. The Bertz CT molecular complexity index is 1060. The van der Waals surface area contributed by atoms with Crippen LogP contribution in [0.3, 0.4) is 0 Å². The van der Waals surface area contributed by atoms with Crippen molar-refractivity contribution in [3.05, 3.63) is 66.7 Å². The fraction of sp³-hybridized carbons (Fsp3) is 0.105. The number of para-hydroxylation sites is 1. The molecule has 6 heteroatoms. The van der Waals surface area contributed by atoms with E-state index in [4.69, 9.17) is 9.47 Å². The fourth-order valence-electron chi connectivity index (χ4n) is 2.85. The zero-order chi connectivity index (χ0) is 17.2. The predicted octanol–water partition coefficient (Wildman–Crippen LogP) is 3.85. The van der Waals surface area contributed by atoms with E-state index in [0.717, 1.165) is 16.4 Å². The third-order valence-electron chi connectivity index (χ3n) is 3.85. The van der Waals surface area contributed by atoms with Gasteiger partial charge in [-0.05, 0) is 25.1 Å². The first-order chi connectivity index (χ1) is 12.3. The SMILES string of the molecule is CCOC(=O)c1c2ccccc2n2cc(Oc3cnccn3)ccc12. The molecule has 0 aliphatic heterocycles. The summed E-state index contributed by atoms with van der Waals surface area (Å²) in [5, 5.41) is 0.845. The van der Waals surface area contributed by atoms with Crippen molar-refractivity contribution in [3.8, 4) is 11.6 Å². The molecule has 0 aliphatic carbocycles. The van der Waals surface area contributed by atoms with Crippen LogP contribution in [0, 0.1) is 0 Å². The lowest BCUT2D eigenvalue weighted by molar-refractivity contribution is 0.0531. The summed E-state index contributed by atoms with van der Waals surface area (Å²) in [4.78, 5) is 20.5. The maximum absolute atomic E-state index is 12.4. The molecule has 0 aliphatic rings. The summed E-state index contributed by atoms with van der Waals surface area (Å²) >= 11 is 0. The molecule has 0 amide bonds. The number of rotatable bonds is 4. The molecule has 0 bridgehead atoms. The van der Waals surface area contributed by atoms with E-state index in [1.54, 1.807) is 31.6 Å². The topological polar surface area (TPSA) is 65.7 Å². The molecule has 3 heterocycles. The fourth-order valence-corrected chi connectivity index (χ4v) is 2.85. The Kier molecular flexibility index (Phi) is 3.78. The molecule has 0 fully saturated rings. The number of hydrogen-bond donors (Lipinski definition) is 0. The van der Waals surface area contributed by atoms with Crippen molar-refractivity contribution in [3.63, 3.8) is 0 Å². The van der Waals surface area contributed by atoms with E-state index < -0.39 is 0 Å². The standard InChI is InChI=1S/C19H15N3O3/c1-2-24-19(23)18-14-5-3-4-6-15(14)22-12-13(7-8-16(18)22)25-17-11-20-9-10-21-17/h3-12H,2H2,1H3. The van der Waals surface area contributed by atoms with Crippen molar-refractivity contribution in [1.29, 1.82) is 0 Å². The van der Waals surface area contributed by atoms with Crippen LogP contribution in [0.2, 0.25) is 0 Å². The van der Waals surface area contributed by atoms with Gasteiger partial charge in [0.05, 0.1) is 35.6 Å². The lowest BCUT2D eigenvalue weighted by Gasteiger charge is -2.06. The van der Waals surface area contributed by atoms with Crippen LogP contribution in [0.5, 0.6) is 11.6 Å². The number of hydrogen-bond acceptors (Lipinski definition) is 5. The third kappa shape index (κ3) is 2.67. The first-order valence-corrected chi connectivity index (χ1v) is 7.91. The molecule has 1 aromatic carbocycles. The van der Waals surface area contributed by atoms with Crippen LogP contribution in [0.25, 0.3) is 16.4 Å². The summed E-state index contributed by atoms with van der Waals surface area (Å²) in [5.41, 5.74) is 2.24. The first kappa shape index (κ1) is 15.1. The molecule has 0 N–H and O–H groups in total. The lowest BCUT2D eigenvalue weighted by Crippen LogP contribution is -2.04. The molecule has 0 spiro atoms. The highest BCUT2D eigenvalue weighted by Gasteiger charge is 2.19. The van der Waals surface area contributed by atoms with Crippen molar-refractivity contribution in [2.45, 2.75) is 6.92 Å². The van der Waals surface area contributed by atoms with Gasteiger partial charge >= 0.3 is 5.97 Å². The van der Waals surface area contributed by atoms with E-state index in [1.807, 2.05) is 40.9 Å². The monoisotopic (exact) mass is 333 g/mol. The van der Waals surface area contributed by atoms with Gasteiger partial charge in [0.15, 0.2) is 0 Å². The van der Waals surface area contributed by atoms with Crippen LogP contribution >= 0.6 is 0 Å². The Morgan fingerprint density at radius 3 is 2.80 bits per heavy atom. The van der Waals surface area contributed by atoms with Gasteiger partial charge in [-0.2, -0.15) is 0 Å². The number of pyridine rings is 1. The average Bonchev–Trinajstić information content (AvgIpc) is 2.97. The molecule has 3 aromatic heterocycles. The summed E-state index contributed by atoms with van der Waals surface area (Å²) in [7, 11) is 0. The van der Waals surface area contributed by atoms with Gasteiger partial charge < -0.3 is 13.9 Å². The van der Waals surface area contributed by atoms with Crippen molar-refractivity contribution in [1.82, 2.24) is 14.4 Å². The average molecular weight is 333 g/mol. The summed E-state index contributed by atoms with van der Waals surface area (Å²) < 4.78 is 12.9. The Hall–Kier alpha value is -3.41. The number of carbonyl (C=O) groups excluding carboxylic acids is 1. The van der Waals surface area contributed by atoms with Gasteiger partial charge in [0, 0.05) is 17.8 Å². The summed E-state index contributed by atoms with van der Waals surface area (Å²) in [5.74, 6) is 0.678. The van der Waals surface area contributed by atoms with E-state index >= 15 is 0 Å². The third-order valence-corrected chi connectivity index (χ3v) is 3.85. The van der Waals surface area contributed by atoms with Crippen LogP contribution in [0.1, 0.15) is 17.3 Å². The van der Waals surface area contributed by atoms with Gasteiger partial charge in [-0.3, -0.25) is 4.98 Å². The molecule has 4 rings (SSSR count). The molecule has 0 unspecified atom stereocenters. The van der Waals surface area contributed by atoms with Gasteiger partial charge in [-0.1, -0.05) is 18.2 Å². The number of benzene rings is 1. The number of fused-ring (bicyclic) bond motifs is 3. The van der Waals surface area contributed by atoms with Crippen molar-refractivity contribution in [2.75, 3.05) is 6.61 Å². The summed E-state index contributed by atoms with van der Waals surface area (Å²) in [6.07, 6.45) is 6.52. The summed E-state index contributed by atoms with van der Waals surface area (Å²) in [6, 6.07) is 11.3. The largest absolute Gasteiger partial charge is 0.462 e. The number of ether oxygens (including phenoxy) is 2. The van der Waals surface area contributed by atoms with Crippen LogP contribution in [0.4, 0.5) is 0 Å². The highest BCUT2D eigenvalue weighted by atomic mass is 16.5. The highest BCUT2D eigenvalue weighted by molar-refractivity contribution is 6.11. The van der Waals surface area contributed by atoms with Crippen molar-refractivity contribution >= 4 is 22.4 Å². The molecule has 124 valence electrons. The van der Waals surface area contributed by atoms with E-state index in [0.29, 0.717) is 23.8 Å². The Morgan fingerprint density at radius 1 is 1.12 bits per heavy atom. The second kappa shape index (κ2) is 6.24. The van der Waals surface area contributed by atoms with Crippen molar-refractivity contribution in [2.24, 2.45) is 0 Å². The van der Waals surface area contributed by atoms with Crippen LogP contribution in [-0.2, 0) is 4.74 Å². The van der Waals surface area contributed by atoms with Gasteiger partial charge in [-0.25, -0.2) is 9.78 Å². The zero-order valence-corrected chi connectivity index (χ0v) is 13.5. The van der Waals surface area contributed by atoms with Crippen molar-refractivity contribution < 1.29 is 14.3 Å². The lowest BCUT2D eigenvalue weighted by atomic mass is 10.1.